The summed E-state index contributed by atoms with van der Waals surface area (Å²) in [7, 11) is -4.39. The van der Waals surface area contributed by atoms with Crippen LogP contribution in [0.2, 0.25) is 5.02 Å². The number of aryl methyl sites for hydroxylation is 1. The molecule has 0 aliphatic heterocycles. The molecule has 0 bridgehead atoms. The Hall–Kier alpha value is -3.24. The maximum absolute atomic E-state index is 13.5. The highest BCUT2D eigenvalue weighted by Gasteiger charge is 2.35. The van der Waals surface area contributed by atoms with Crippen molar-refractivity contribution in [1.82, 2.24) is 5.32 Å². The number of nitrogens with one attached hydrogen (secondary N) is 1. The number of halogens is 4. The molecule has 1 amide bonds. The number of carbonyl (C=O) groups is 1. The lowest BCUT2D eigenvalue weighted by Gasteiger charge is -2.26. The van der Waals surface area contributed by atoms with Gasteiger partial charge in [-0.2, -0.15) is 13.2 Å². The topological polar surface area (TPSA) is 75.7 Å². The lowest BCUT2D eigenvalue weighted by Crippen LogP contribution is -2.45. The average Bonchev–Trinajstić information content (AvgIpc) is 2.82. The standard InChI is InChI=1S/C25H24ClF3N2O4S/c1-17-8-6-7-11-23(17)35-16-18(2)30-24(32)15-31(36(33,34)20-9-4-3-5-10-20)19-12-13-22(26)21(14-19)25(27,28)29/h3-14,18H,15-16H2,1-2H3,(H,30,32). The van der Waals surface area contributed by atoms with E-state index in [9.17, 15) is 26.4 Å². The molecule has 0 saturated carbocycles. The van der Waals surface area contributed by atoms with Gasteiger partial charge in [0.05, 0.1) is 27.2 Å². The summed E-state index contributed by atoms with van der Waals surface area (Å²) in [6.07, 6.45) is -4.82. The van der Waals surface area contributed by atoms with Crippen molar-refractivity contribution in [2.45, 2.75) is 31.0 Å². The normalized spacial score (nSPS) is 12.6. The molecule has 3 aromatic rings. The van der Waals surface area contributed by atoms with Gasteiger partial charge in [0.25, 0.3) is 10.0 Å². The van der Waals surface area contributed by atoms with Crippen LogP contribution in [0.1, 0.15) is 18.1 Å². The monoisotopic (exact) mass is 540 g/mol. The maximum Gasteiger partial charge on any atom is 0.417 e. The second-order valence-corrected chi connectivity index (χ2v) is 10.3. The van der Waals surface area contributed by atoms with Crippen molar-refractivity contribution >= 4 is 33.2 Å². The fourth-order valence-electron chi connectivity index (χ4n) is 3.35. The third-order valence-electron chi connectivity index (χ3n) is 5.15. The van der Waals surface area contributed by atoms with Gasteiger partial charge in [0.15, 0.2) is 0 Å². The number of anilines is 1. The Balaban J connectivity index is 1.85. The van der Waals surface area contributed by atoms with E-state index in [4.69, 9.17) is 16.3 Å². The highest BCUT2D eigenvalue weighted by Crippen LogP contribution is 2.38. The molecule has 0 spiro atoms. The number of carbonyl (C=O) groups excluding carboxylic acids is 1. The fourth-order valence-corrected chi connectivity index (χ4v) is 5.00. The van der Waals surface area contributed by atoms with E-state index in [2.05, 4.69) is 5.32 Å². The number of ether oxygens (including phenoxy) is 1. The molecule has 1 N–H and O–H groups in total. The first-order valence-corrected chi connectivity index (χ1v) is 12.6. The Morgan fingerprint density at radius 1 is 1.06 bits per heavy atom. The van der Waals surface area contributed by atoms with Crippen molar-refractivity contribution in [1.29, 1.82) is 0 Å². The lowest BCUT2D eigenvalue weighted by molar-refractivity contribution is -0.137. The van der Waals surface area contributed by atoms with Crippen LogP contribution in [-0.4, -0.2) is 33.5 Å². The minimum absolute atomic E-state index is 0.0984. The Morgan fingerprint density at radius 3 is 2.33 bits per heavy atom. The number of sulfonamides is 1. The van der Waals surface area contributed by atoms with Gasteiger partial charge in [-0.15, -0.1) is 0 Å². The molecule has 192 valence electrons. The fraction of sp³-hybridized carbons (Fsp3) is 0.240. The SMILES string of the molecule is Cc1ccccc1OCC(C)NC(=O)CN(c1ccc(Cl)c(C(F)(F)F)c1)S(=O)(=O)c1ccccc1. The molecule has 0 saturated heterocycles. The Bertz CT molecular complexity index is 1320. The van der Waals surface area contributed by atoms with Crippen LogP contribution in [0.25, 0.3) is 0 Å². The Kier molecular flexibility index (Phi) is 8.52. The number of amides is 1. The average molecular weight is 541 g/mol. The maximum atomic E-state index is 13.5. The third-order valence-corrected chi connectivity index (χ3v) is 7.27. The molecule has 0 radical (unpaired) electrons. The molecule has 0 fully saturated rings. The predicted octanol–water partition coefficient (Wildman–Crippen LogP) is 5.45. The van der Waals surface area contributed by atoms with E-state index in [1.165, 1.54) is 24.3 Å². The van der Waals surface area contributed by atoms with Gasteiger partial charge < -0.3 is 10.1 Å². The molecule has 3 aromatic carbocycles. The molecule has 0 aliphatic rings. The molecule has 6 nitrogen and oxygen atoms in total. The van der Waals surface area contributed by atoms with E-state index in [-0.39, 0.29) is 17.2 Å². The summed E-state index contributed by atoms with van der Waals surface area (Å²) in [5, 5.41) is 2.04. The van der Waals surface area contributed by atoms with E-state index in [0.717, 1.165) is 17.7 Å². The van der Waals surface area contributed by atoms with E-state index in [1.807, 2.05) is 19.1 Å². The molecule has 1 atom stereocenters. The summed E-state index contributed by atoms with van der Waals surface area (Å²) in [6.45, 7) is 2.87. The van der Waals surface area contributed by atoms with Crippen LogP contribution in [0.15, 0.2) is 77.7 Å². The van der Waals surface area contributed by atoms with Gasteiger partial charge in [0.2, 0.25) is 5.91 Å². The summed E-state index contributed by atoms with van der Waals surface area (Å²) in [6, 6.07) is 16.6. The largest absolute Gasteiger partial charge is 0.491 e. The number of rotatable bonds is 9. The number of para-hydroxylation sites is 1. The van der Waals surface area contributed by atoms with Crippen LogP contribution in [0.4, 0.5) is 18.9 Å². The molecular formula is C25H24ClF3N2O4S. The molecule has 3 rings (SSSR count). The van der Waals surface area contributed by atoms with Crippen LogP contribution >= 0.6 is 11.6 Å². The highest BCUT2D eigenvalue weighted by molar-refractivity contribution is 7.92. The molecule has 0 heterocycles. The van der Waals surface area contributed by atoms with Crippen molar-refractivity contribution < 1.29 is 31.1 Å². The van der Waals surface area contributed by atoms with Crippen LogP contribution in [-0.2, 0) is 21.0 Å². The van der Waals surface area contributed by atoms with Crippen molar-refractivity contribution in [3.8, 4) is 5.75 Å². The van der Waals surface area contributed by atoms with Gasteiger partial charge in [0.1, 0.15) is 18.9 Å². The quantitative estimate of drug-likeness (QED) is 0.392. The zero-order valence-corrected chi connectivity index (χ0v) is 21.0. The van der Waals surface area contributed by atoms with Crippen molar-refractivity contribution in [2.24, 2.45) is 0 Å². The number of alkyl halides is 3. The van der Waals surface area contributed by atoms with Crippen LogP contribution in [0.5, 0.6) is 5.75 Å². The molecule has 36 heavy (non-hydrogen) atoms. The van der Waals surface area contributed by atoms with E-state index >= 15 is 0 Å². The first kappa shape index (κ1) is 27.3. The van der Waals surface area contributed by atoms with Crippen LogP contribution < -0.4 is 14.4 Å². The van der Waals surface area contributed by atoms with E-state index < -0.39 is 45.3 Å². The van der Waals surface area contributed by atoms with Crippen LogP contribution in [0, 0.1) is 6.92 Å². The second kappa shape index (κ2) is 11.2. The molecule has 0 aliphatic carbocycles. The van der Waals surface area contributed by atoms with Gasteiger partial charge in [-0.25, -0.2) is 8.42 Å². The van der Waals surface area contributed by atoms with Gasteiger partial charge >= 0.3 is 6.18 Å². The van der Waals surface area contributed by atoms with Gasteiger partial charge in [-0.3, -0.25) is 9.10 Å². The zero-order valence-electron chi connectivity index (χ0n) is 19.4. The van der Waals surface area contributed by atoms with Gasteiger partial charge in [-0.1, -0.05) is 48.0 Å². The number of nitrogens with zero attached hydrogens (tertiary/aromatic N) is 1. The smallest absolute Gasteiger partial charge is 0.417 e. The Labute approximate surface area is 212 Å². The summed E-state index contributed by atoms with van der Waals surface area (Å²) in [5.74, 6) is -0.0911. The molecule has 1 unspecified atom stereocenters. The first-order valence-electron chi connectivity index (χ1n) is 10.8. The summed E-state index contributed by atoms with van der Waals surface area (Å²) < 4.78 is 73.4. The first-order chi connectivity index (χ1) is 16.9. The minimum Gasteiger partial charge on any atom is -0.491 e. The summed E-state index contributed by atoms with van der Waals surface area (Å²) >= 11 is 5.71. The number of benzene rings is 3. The second-order valence-electron chi connectivity index (χ2n) is 8.03. The van der Waals surface area contributed by atoms with Gasteiger partial charge in [0, 0.05) is 0 Å². The third kappa shape index (κ3) is 6.70. The van der Waals surface area contributed by atoms with Crippen molar-refractivity contribution in [3.05, 3.63) is 88.9 Å². The van der Waals surface area contributed by atoms with Gasteiger partial charge in [-0.05, 0) is 55.8 Å². The predicted molar refractivity (Wildman–Crippen MR) is 132 cm³/mol. The minimum atomic E-state index is -4.82. The number of hydrogen-bond acceptors (Lipinski definition) is 4. The summed E-state index contributed by atoms with van der Waals surface area (Å²) in [4.78, 5) is 12.6. The summed E-state index contributed by atoms with van der Waals surface area (Å²) in [5.41, 5.74) is -0.663. The number of hydrogen-bond donors (Lipinski definition) is 1. The highest BCUT2D eigenvalue weighted by atomic mass is 35.5. The lowest BCUT2D eigenvalue weighted by atomic mass is 10.2. The molecule has 11 heteroatoms. The Morgan fingerprint density at radius 2 is 1.69 bits per heavy atom. The van der Waals surface area contributed by atoms with Crippen LogP contribution in [0.3, 0.4) is 0 Å². The zero-order chi connectivity index (χ0) is 26.5. The van der Waals surface area contributed by atoms with E-state index in [1.54, 1.807) is 25.1 Å². The molecule has 0 aromatic heterocycles. The van der Waals surface area contributed by atoms with E-state index in [0.29, 0.717) is 16.1 Å². The van der Waals surface area contributed by atoms with Crippen molar-refractivity contribution in [2.75, 3.05) is 17.5 Å². The van der Waals surface area contributed by atoms with Crippen molar-refractivity contribution in [3.63, 3.8) is 0 Å². The molecular weight excluding hydrogens is 517 g/mol.